The molecule has 0 fully saturated rings. The molecule has 15 heavy (non-hydrogen) atoms. The molecule has 1 atom stereocenters. The summed E-state index contributed by atoms with van der Waals surface area (Å²) in [6.07, 6.45) is 0. The van der Waals surface area contributed by atoms with Crippen LogP contribution in [-0.2, 0) is 4.79 Å². The largest absolute Gasteiger partial charge is 0.481 e. The number of halogens is 1. The maximum Gasteiger partial charge on any atom is 0.310 e. The van der Waals surface area contributed by atoms with Crippen molar-refractivity contribution in [3.8, 4) is 0 Å². The Morgan fingerprint density at radius 3 is 2.93 bits per heavy atom. The fourth-order valence-corrected chi connectivity index (χ4v) is 3.10. The highest BCUT2D eigenvalue weighted by Crippen LogP contribution is 2.33. The van der Waals surface area contributed by atoms with E-state index in [1.165, 1.54) is 0 Å². The minimum absolute atomic E-state index is 0.445. The van der Waals surface area contributed by atoms with Crippen LogP contribution in [0.5, 0.6) is 0 Å². The number of aliphatic carboxylic acids is 1. The van der Waals surface area contributed by atoms with Crippen LogP contribution in [0.4, 0.5) is 0 Å². The van der Waals surface area contributed by atoms with Gasteiger partial charge < -0.3 is 5.11 Å². The Morgan fingerprint density at radius 1 is 1.53 bits per heavy atom. The summed E-state index contributed by atoms with van der Waals surface area (Å²) < 4.78 is 2.14. The summed E-state index contributed by atoms with van der Waals surface area (Å²) in [4.78, 5) is 10.9. The normalized spacial score (nSPS) is 12.9. The summed E-state index contributed by atoms with van der Waals surface area (Å²) in [5.41, 5.74) is 0.898. The van der Waals surface area contributed by atoms with Crippen molar-refractivity contribution in [3.05, 3.63) is 33.6 Å². The standard InChI is InChI=1S/C11H9BrO2S/c1-6(11(13)14)9-5-15-10-4-7(12)2-3-8(9)10/h2-6H,1H3,(H,13,14). The van der Waals surface area contributed by atoms with Crippen molar-refractivity contribution in [2.45, 2.75) is 12.8 Å². The second-order valence-corrected chi connectivity index (χ2v) is 5.22. The maximum atomic E-state index is 10.9. The molecule has 1 aromatic heterocycles. The Bertz CT molecular complexity index is 518. The summed E-state index contributed by atoms with van der Waals surface area (Å²) >= 11 is 4.98. The van der Waals surface area contributed by atoms with E-state index >= 15 is 0 Å². The Hall–Kier alpha value is -0.870. The molecule has 1 N–H and O–H groups in total. The summed E-state index contributed by atoms with van der Waals surface area (Å²) in [5.74, 6) is -1.22. The van der Waals surface area contributed by atoms with E-state index in [1.807, 2.05) is 23.6 Å². The highest BCUT2D eigenvalue weighted by molar-refractivity contribution is 9.10. The minimum atomic E-state index is -0.780. The average Bonchev–Trinajstić information content (AvgIpc) is 2.59. The van der Waals surface area contributed by atoms with Crippen LogP contribution in [-0.4, -0.2) is 11.1 Å². The van der Waals surface area contributed by atoms with E-state index in [-0.39, 0.29) is 0 Å². The Morgan fingerprint density at radius 2 is 2.27 bits per heavy atom. The zero-order valence-electron chi connectivity index (χ0n) is 8.03. The first-order valence-corrected chi connectivity index (χ1v) is 6.16. The molecule has 0 aliphatic carbocycles. The van der Waals surface area contributed by atoms with Crippen LogP contribution in [0.25, 0.3) is 10.1 Å². The lowest BCUT2D eigenvalue weighted by molar-refractivity contribution is -0.138. The van der Waals surface area contributed by atoms with Crippen LogP contribution in [0, 0.1) is 0 Å². The second kappa shape index (κ2) is 3.94. The molecule has 0 aliphatic rings. The maximum absolute atomic E-state index is 10.9. The van der Waals surface area contributed by atoms with E-state index in [1.54, 1.807) is 18.3 Å². The van der Waals surface area contributed by atoms with Gasteiger partial charge in [0, 0.05) is 9.17 Å². The molecule has 1 heterocycles. The molecule has 0 saturated carbocycles. The van der Waals surface area contributed by atoms with Gasteiger partial charge in [0.25, 0.3) is 0 Å². The van der Waals surface area contributed by atoms with Crippen LogP contribution in [0.2, 0.25) is 0 Å². The monoisotopic (exact) mass is 284 g/mol. The number of hydrogen-bond donors (Lipinski definition) is 1. The van der Waals surface area contributed by atoms with Crippen molar-refractivity contribution < 1.29 is 9.90 Å². The molecular formula is C11H9BrO2S. The number of rotatable bonds is 2. The number of fused-ring (bicyclic) bond motifs is 1. The van der Waals surface area contributed by atoms with E-state index < -0.39 is 11.9 Å². The SMILES string of the molecule is CC(C(=O)O)c1csc2cc(Br)ccc12. The van der Waals surface area contributed by atoms with Gasteiger partial charge in [0.1, 0.15) is 0 Å². The van der Waals surface area contributed by atoms with Gasteiger partial charge in [-0.15, -0.1) is 11.3 Å². The van der Waals surface area contributed by atoms with E-state index in [9.17, 15) is 4.79 Å². The molecule has 78 valence electrons. The molecule has 2 nitrogen and oxygen atoms in total. The third kappa shape index (κ3) is 1.92. The summed E-state index contributed by atoms with van der Waals surface area (Å²) in [6.45, 7) is 1.71. The fraction of sp³-hybridized carbons (Fsp3) is 0.182. The third-order valence-corrected chi connectivity index (χ3v) is 3.86. The molecule has 0 spiro atoms. The van der Waals surface area contributed by atoms with Gasteiger partial charge >= 0.3 is 5.97 Å². The van der Waals surface area contributed by atoms with Gasteiger partial charge in [-0.2, -0.15) is 0 Å². The Balaban J connectivity index is 2.59. The smallest absolute Gasteiger partial charge is 0.310 e. The zero-order valence-corrected chi connectivity index (χ0v) is 10.4. The predicted octanol–water partition coefficient (Wildman–Crippen LogP) is 3.85. The van der Waals surface area contributed by atoms with Crippen molar-refractivity contribution in [1.82, 2.24) is 0 Å². The molecule has 1 aromatic carbocycles. The fourth-order valence-electron chi connectivity index (χ4n) is 1.49. The molecule has 1 unspecified atom stereocenters. The van der Waals surface area contributed by atoms with Crippen molar-refractivity contribution in [1.29, 1.82) is 0 Å². The first kappa shape index (κ1) is 10.6. The van der Waals surface area contributed by atoms with Crippen molar-refractivity contribution in [2.75, 3.05) is 0 Å². The number of hydrogen-bond acceptors (Lipinski definition) is 2. The van der Waals surface area contributed by atoms with E-state index in [4.69, 9.17) is 5.11 Å². The number of carbonyl (C=O) groups is 1. The van der Waals surface area contributed by atoms with Crippen molar-refractivity contribution >= 4 is 43.3 Å². The molecular weight excluding hydrogens is 276 g/mol. The predicted molar refractivity (Wildman–Crippen MR) is 65.6 cm³/mol. The topological polar surface area (TPSA) is 37.3 Å². The van der Waals surface area contributed by atoms with Crippen LogP contribution in [0.3, 0.4) is 0 Å². The number of carboxylic acids is 1. The third-order valence-electron chi connectivity index (χ3n) is 2.40. The molecule has 0 amide bonds. The average molecular weight is 285 g/mol. The lowest BCUT2D eigenvalue weighted by atomic mass is 10.0. The van der Waals surface area contributed by atoms with Crippen LogP contribution >= 0.6 is 27.3 Å². The van der Waals surface area contributed by atoms with E-state index in [2.05, 4.69) is 15.9 Å². The van der Waals surface area contributed by atoms with E-state index in [0.717, 1.165) is 20.1 Å². The lowest BCUT2D eigenvalue weighted by Gasteiger charge is -2.04. The molecule has 2 aromatic rings. The Labute approximate surface area is 99.7 Å². The van der Waals surface area contributed by atoms with Crippen molar-refractivity contribution in [2.24, 2.45) is 0 Å². The van der Waals surface area contributed by atoms with Gasteiger partial charge in [0.15, 0.2) is 0 Å². The first-order valence-electron chi connectivity index (χ1n) is 4.49. The summed E-state index contributed by atoms with van der Waals surface area (Å²) in [6, 6.07) is 5.91. The van der Waals surface area contributed by atoms with Crippen molar-refractivity contribution in [3.63, 3.8) is 0 Å². The quantitative estimate of drug-likeness (QED) is 0.910. The van der Waals surface area contributed by atoms with Gasteiger partial charge in [-0.1, -0.05) is 22.0 Å². The Kier molecular flexibility index (Phi) is 2.80. The van der Waals surface area contributed by atoms with Crippen LogP contribution < -0.4 is 0 Å². The number of thiophene rings is 1. The van der Waals surface area contributed by atoms with Crippen LogP contribution in [0.1, 0.15) is 18.4 Å². The van der Waals surface area contributed by atoms with Crippen LogP contribution in [0.15, 0.2) is 28.1 Å². The van der Waals surface area contributed by atoms with Gasteiger partial charge in [-0.3, -0.25) is 4.79 Å². The van der Waals surface area contributed by atoms with Gasteiger partial charge in [0.05, 0.1) is 5.92 Å². The number of carboxylic acid groups (broad SMARTS) is 1. The zero-order chi connectivity index (χ0) is 11.0. The molecule has 2 rings (SSSR count). The summed E-state index contributed by atoms with van der Waals surface area (Å²) in [5, 5.41) is 11.9. The highest BCUT2D eigenvalue weighted by atomic mass is 79.9. The van der Waals surface area contributed by atoms with Gasteiger partial charge in [-0.05, 0) is 35.4 Å². The molecule has 0 radical (unpaired) electrons. The molecule has 0 aliphatic heterocycles. The lowest BCUT2D eigenvalue weighted by Crippen LogP contribution is -2.06. The first-order chi connectivity index (χ1) is 7.09. The summed E-state index contributed by atoms with van der Waals surface area (Å²) in [7, 11) is 0. The highest BCUT2D eigenvalue weighted by Gasteiger charge is 2.17. The molecule has 0 saturated heterocycles. The molecule has 0 bridgehead atoms. The van der Waals surface area contributed by atoms with Gasteiger partial charge in [0.2, 0.25) is 0 Å². The minimum Gasteiger partial charge on any atom is -0.481 e. The van der Waals surface area contributed by atoms with Gasteiger partial charge in [-0.25, -0.2) is 0 Å². The second-order valence-electron chi connectivity index (χ2n) is 3.39. The number of benzene rings is 1. The molecule has 4 heteroatoms. The van der Waals surface area contributed by atoms with E-state index in [0.29, 0.717) is 0 Å².